The van der Waals surface area contributed by atoms with Crippen LogP contribution in [0.2, 0.25) is 0 Å². The minimum absolute atomic E-state index is 0.130. The minimum atomic E-state index is -0.130. The summed E-state index contributed by atoms with van der Waals surface area (Å²) >= 11 is 0. The van der Waals surface area contributed by atoms with Crippen molar-refractivity contribution in [3.05, 3.63) is 23.8 Å². The van der Waals surface area contributed by atoms with Crippen molar-refractivity contribution in [2.75, 3.05) is 34.5 Å². The Hall–Kier alpha value is -1.75. The number of nitrogens with one attached hydrogen (secondary N) is 1. The number of hydrogen-bond acceptors (Lipinski definition) is 4. The lowest BCUT2D eigenvalue weighted by molar-refractivity contribution is 0.0950. The van der Waals surface area contributed by atoms with Gasteiger partial charge in [-0.05, 0) is 25.0 Å². The topological polar surface area (TPSA) is 56.8 Å². The zero-order valence-corrected chi connectivity index (χ0v) is 11.7. The van der Waals surface area contributed by atoms with Crippen molar-refractivity contribution in [3.8, 4) is 11.5 Å². The van der Waals surface area contributed by atoms with E-state index in [4.69, 9.17) is 14.2 Å². The first kappa shape index (κ1) is 15.3. The SMILES string of the molecule is COCCCCNC(=O)c1cc(OC)cc(OC)c1. The van der Waals surface area contributed by atoms with Crippen LogP contribution < -0.4 is 14.8 Å². The van der Waals surface area contributed by atoms with Crippen molar-refractivity contribution >= 4 is 5.91 Å². The summed E-state index contributed by atoms with van der Waals surface area (Å²) in [4.78, 5) is 12.0. The highest BCUT2D eigenvalue weighted by molar-refractivity contribution is 5.95. The third kappa shape index (κ3) is 5.18. The van der Waals surface area contributed by atoms with E-state index in [0.29, 0.717) is 30.2 Å². The Morgan fingerprint density at radius 1 is 1.05 bits per heavy atom. The van der Waals surface area contributed by atoms with E-state index >= 15 is 0 Å². The van der Waals surface area contributed by atoms with Crippen LogP contribution in [0, 0.1) is 0 Å². The third-order valence-electron chi connectivity index (χ3n) is 2.67. The van der Waals surface area contributed by atoms with Gasteiger partial charge in [0, 0.05) is 31.9 Å². The first-order chi connectivity index (χ1) is 9.21. The Balaban J connectivity index is 2.55. The zero-order chi connectivity index (χ0) is 14.1. The van der Waals surface area contributed by atoms with E-state index in [1.54, 1.807) is 39.5 Å². The van der Waals surface area contributed by atoms with E-state index in [1.165, 1.54) is 0 Å². The van der Waals surface area contributed by atoms with Crippen LogP contribution in [0.25, 0.3) is 0 Å². The maximum Gasteiger partial charge on any atom is 0.251 e. The van der Waals surface area contributed by atoms with Gasteiger partial charge in [0.2, 0.25) is 0 Å². The van der Waals surface area contributed by atoms with Gasteiger partial charge in [-0.3, -0.25) is 4.79 Å². The molecule has 1 aromatic rings. The minimum Gasteiger partial charge on any atom is -0.497 e. The van der Waals surface area contributed by atoms with E-state index in [-0.39, 0.29) is 5.91 Å². The smallest absolute Gasteiger partial charge is 0.251 e. The Kier molecular flexibility index (Phi) is 6.74. The Morgan fingerprint density at radius 2 is 1.68 bits per heavy atom. The van der Waals surface area contributed by atoms with Gasteiger partial charge in [-0.15, -0.1) is 0 Å². The van der Waals surface area contributed by atoms with Gasteiger partial charge in [0.25, 0.3) is 5.91 Å². The van der Waals surface area contributed by atoms with Gasteiger partial charge in [0.1, 0.15) is 11.5 Å². The molecule has 106 valence electrons. The summed E-state index contributed by atoms with van der Waals surface area (Å²) in [7, 11) is 4.78. The molecular weight excluding hydrogens is 246 g/mol. The van der Waals surface area contributed by atoms with Crippen LogP contribution in [0.5, 0.6) is 11.5 Å². The van der Waals surface area contributed by atoms with Crippen LogP contribution in [0.4, 0.5) is 0 Å². The molecule has 19 heavy (non-hydrogen) atoms. The van der Waals surface area contributed by atoms with Gasteiger partial charge in [-0.25, -0.2) is 0 Å². The lowest BCUT2D eigenvalue weighted by Crippen LogP contribution is -2.24. The van der Waals surface area contributed by atoms with Gasteiger partial charge in [0.05, 0.1) is 14.2 Å². The molecule has 0 unspecified atom stereocenters. The number of unbranched alkanes of at least 4 members (excludes halogenated alkanes) is 1. The van der Waals surface area contributed by atoms with Crippen LogP contribution in [-0.2, 0) is 4.74 Å². The average Bonchev–Trinajstić information content (AvgIpc) is 2.46. The number of ether oxygens (including phenoxy) is 3. The van der Waals surface area contributed by atoms with Crippen molar-refractivity contribution in [2.24, 2.45) is 0 Å². The van der Waals surface area contributed by atoms with Gasteiger partial charge in [-0.1, -0.05) is 0 Å². The van der Waals surface area contributed by atoms with Crippen LogP contribution in [-0.4, -0.2) is 40.4 Å². The standard InChI is InChI=1S/C14H21NO4/c1-17-7-5-4-6-15-14(16)11-8-12(18-2)10-13(9-11)19-3/h8-10H,4-7H2,1-3H3,(H,15,16). The molecule has 5 heteroatoms. The van der Waals surface area contributed by atoms with Crippen molar-refractivity contribution < 1.29 is 19.0 Å². The van der Waals surface area contributed by atoms with Crippen molar-refractivity contribution in [2.45, 2.75) is 12.8 Å². The van der Waals surface area contributed by atoms with Crippen molar-refractivity contribution in [1.82, 2.24) is 5.32 Å². The van der Waals surface area contributed by atoms with Gasteiger partial charge in [0.15, 0.2) is 0 Å². The zero-order valence-electron chi connectivity index (χ0n) is 11.7. The van der Waals surface area contributed by atoms with E-state index in [1.807, 2.05) is 0 Å². The summed E-state index contributed by atoms with van der Waals surface area (Å²) < 4.78 is 15.2. The van der Waals surface area contributed by atoms with Gasteiger partial charge in [-0.2, -0.15) is 0 Å². The van der Waals surface area contributed by atoms with Crippen LogP contribution >= 0.6 is 0 Å². The summed E-state index contributed by atoms with van der Waals surface area (Å²) in [5.41, 5.74) is 0.531. The number of carbonyl (C=O) groups is 1. The lowest BCUT2D eigenvalue weighted by atomic mass is 10.2. The molecule has 0 fully saturated rings. The predicted molar refractivity (Wildman–Crippen MR) is 73.0 cm³/mol. The van der Waals surface area contributed by atoms with Gasteiger partial charge >= 0.3 is 0 Å². The highest BCUT2D eigenvalue weighted by Gasteiger charge is 2.09. The largest absolute Gasteiger partial charge is 0.497 e. The van der Waals surface area contributed by atoms with Crippen molar-refractivity contribution in [3.63, 3.8) is 0 Å². The van der Waals surface area contributed by atoms with E-state index in [9.17, 15) is 4.79 Å². The fourth-order valence-corrected chi connectivity index (χ4v) is 1.61. The Morgan fingerprint density at radius 3 is 2.21 bits per heavy atom. The molecule has 0 spiro atoms. The first-order valence-corrected chi connectivity index (χ1v) is 6.21. The summed E-state index contributed by atoms with van der Waals surface area (Å²) in [6.07, 6.45) is 1.82. The number of carbonyl (C=O) groups excluding carboxylic acids is 1. The summed E-state index contributed by atoms with van der Waals surface area (Å²) in [6.45, 7) is 1.34. The molecule has 0 saturated carbocycles. The molecule has 0 aliphatic carbocycles. The fraction of sp³-hybridized carbons (Fsp3) is 0.500. The Bertz CT molecular complexity index is 384. The average molecular weight is 267 g/mol. The molecule has 0 saturated heterocycles. The molecule has 0 bridgehead atoms. The van der Waals surface area contributed by atoms with E-state index in [0.717, 1.165) is 12.8 Å². The molecule has 1 amide bonds. The number of methoxy groups -OCH3 is 3. The van der Waals surface area contributed by atoms with Crippen LogP contribution in [0.1, 0.15) is 23.2 Å². The van der Waals surface area contributed by atoms with Crippen LogP contribution in [0.3, 0.4) is 0 Å². The van der Waals surface area contributed by atoms with E-state index < -0.39 is 0 Å². The van der Waals surface area contributed by atoms with Crippen molar-refractivity contribution in [1.29, 1.82) is 0 Å². The normalized spacial score (nSPS) is 10.1. The number of benzene rings is 1. The molecule has 0 atom stereocenters. The quantitative estimate of drug-likeness (QED) is 0.730. The molecule has 0 heterocycles. The molecule has 1 rings (SSSR count). The molecule has 1 N–H and O–H groups in total. The highest BCUT2D eigenvalue weighted by atomic mass is 16.5. The number of rotatable bonds is 8. The fourth-order valence-electron chi connectivity index (χ4n) is 1.61. The molecule has 0 aromatic heterocycles. The number of hydrogen-bond donors (Lipinski definition) is 1. The maximum absolute atomic E-state index is 12.0. The molecule has 0 aliphatic heterocycles. The molecular formula is C14H21NO4. The molecule has 0 radical (unpaired) electrons. The highest BCUT2D eigenvalue weighted by Crippen LogP contribution is 2.22. The second kappa shape index (κ2) is 8.37. The van der Waals surface area contributed by atoms with E-state index in [2.05, 4.69) is 5.32 Å². The Labute approximate surface area is 113 Å². The first-order valence-electron chi connectivity index (χ1n) is 6.21. The molecule has 1 aromatic carbocycles. The summed E-state index contributed by atoms with van der Waals surface area (Å²) in [5, 5.41) is 2.85. The second-order valence-corrected chi connectivity index (χ2v) is 4.06. The number of amides is 1. The lowest BCUT2D eigenvalue weighted by Gasteiger charge is -2.09. The third-order valence-corrected chi connectivity index (χ3v) is 2.67. The molecule has 0 aliphatic rings. The predicted octanol–water partition coefficient (Wildman–Crippen LogP) is 1.86. The van der Waals surface area contributed by atoms with Crippen LogP contribution in [0.15, 0.2) is 18.2 Å². The monoisotopic (exact) mass is 267 g/mol. The maximum atomic E-state index is 12.0. The molecule has 5 nitrogen and oxygen atoms in total. The summed E-state index contributed by atoms with van der Waals surface area (Å²) in [5.74, 6) is 1.07. The van der Waals surface area contributed by atoms with Gasteiger partial charge < -0.3 is 19.5 Å². The second-order valence-electron chi connectivity index (χ2n) is 4.06. The summed E-state index contributed by atoms with van der Waals surface area (Å²) in [6, 6.07) is 5.11.